The second-order valence-corrected chi connectivity index (χ2v) is 9.18. The number of benzene rings is 1. The normalized spacial score (nSPS) is 16.8. The minimum Gasteiger partial charge on any atom is -0.395 e. The number of hydrogen-bond donors (Lipinski definition) is 4. The van der Waals surface area contributed by atoms with Crippen LogP contribution in [-0.2, 0) is 0 Å². The van der Waals surface area contributed by atoms with E-state index in [-0.39, 0.29) is 24.0 Å². The summed E-state index contributed by atoms with van der Waals surface area (Å²) in [5.74, 6) is 1.58. The lowest BCUT2D eigenvalue weighted by atomic mass is 9.92. The quantitative estimate of drug-likeness (QED) is 0.264. The van der Waals surface area contributed by atoms with Crippen LogP contribution in [0.3, 0.4) is 0 Å². The Morgan fingerprint density at radius 1 is 1.28 bits per heavy atom. The lowest BCUT2D eigenvalue weighted by Gasteiger charge is -2.34. The number of nitriles is 1. The summed E-state index contributed by atoms with van der Waals surface area (Å²) in [4.78, 5) is 24.2. The van der Waals surface area contributed by atoms with Crippen LogP contribution in [0.4, 0.5) is 23.0 Å². The van der Waals surface area contributed by atoms with Crippen molar-refractivity contribution in [2.24, 2.45) is 5.92 Å². The minimum atomic E-state index is -0.275. The average molecular weight is 510 g/mol. The molecule has 4 bridgehead atoms. The van der Waals surface area contributed by atoms with Crippen molar-refractivity contribution >= 4 is 40.9 Å². The lowest BCUT2D eigenvalue weighted by Crippen LogP contribution is -2.35. The summed E-state index contributed by atoms with van der Waals surface area (Å²) in [5.41, 5.74) is 2.50. The molecule has 0 atom stereocenters. The van der Waals surface area contributed by atoms with Gasteiger partial charge in [-0.25, -0.2) is 9.97 Å². The number of aromatic nitrogens is 2. The predicted octanol–water partition coefficient (Wildman–Crippen LogP) is 4.66. The number of rotatable bonds is 4. The largest absolute Gasteiger partial charge is 0.395 e. The Balaban J connectivity index is 0.00000176. The van der Waals surface area contributed by atoms with Crippen molar-refractivity contribution < 1.29 is 9.90 Å². The number of fused-ring (bicyclic) bond motifs is 7. The van der Waals surface area contributed by atoms with E-state index in [9.17, 15) is 10.1 Å². The molecule has 0 aliphatic carbocycles. The molecule has 1 aromatic carbocycles. The van der Waals surface area contributed by atoms with Gasteiger partial charge in [0, 0.05) is 31.1 Å². The SMILES string of the molecule is CC.N#Cc1ncc2nc1NCC/C=C/CC1CCN(CC1)c1cc(NSCCO)ccc1C(=O)N2. The molecule has 192 valence electrons. The van der Waals surface area contributed by atoms with Crippen molar-refractivity contribution in [3.63, 3.8) is 0 Å². The lowest BCUT2D eigenvalue weighted by molar-refractivity contribution is 0.102. The molecular formula is C26H35N7O2S. The fourth-order valence-electron chi connectivity index (χ4n) is 4.16. The molecule has 3 aliphatic heterocycles. The van der Waals surface area contributed by atoms with Gasteiger partial charge in [0.25, 0.3) is 5.91 Å². The van der Waals surface area contributed by atoms with Gasteiger partial charge in [0.2, 0.25) is 0 Å². The Hall–Kier alpha value is -3.29. The van der Waals surface area contributed by atoms with Gasteiger partial charge in [-0.2, -0.15) is 5.26 Å². The summed E-state index contributed by atoms with van der Waals surface area (Å²) >= 11 is 1.42. The summed E-state index contributed by atoms with van der Waals surface area (Å²) < 4.78 is 3.24. The van der Waals surface area contributed by atoms with Crippen LogP contribution in [0.1, 0.15) is 55.6 Å². The molecule has 2 aromatic rings. The first-order valence-corrected chi connectivity index (χ1v) is 13.5. The molecular weight excluding hydrogens is 474 g/mol. The van der Waals surface area contributed by atoms with Crippen LogP contribution in [0.25, 0.3) is 0 Å². The molecule has 1 aromatic heterocycles. The summed E-state index contributed by atoms with van der Waals surface area (Å²) in [7, 11) is 0. The number of allylic oxidation sites excluding steroid dienone is 1. The van der Waals surface area contributed by atoms with Gasteiger partial charge in [-0.3, -0.25) is 4.79 Å². The van der Waals surface area contributed by atoms with Crippen molar-refractivity contribution in [3.8, 4) is 6.07 Å². The van der Waals surface area contributed by atoms with Crippen LogP contribution in [0.5, 0.6) is 0 Å². The summed E-state index contributed by atoms with van der Waals surface area (Å²) in [6, 6.07) is 7.71. The van der Waals surface area contributed by atoms with Crippen LogP contribution in [0.2, 0.25) is 0 Å². The second kappa shape index (κ2) is 14.3. The van der Waals surface area contributed by atoms with Gasteiger partial charge in [0.05, 0.1) is 24.1 Å². The maximum atomic E-state index is 13.3. The maximum Gasteiger partial charge on any atom is 0.258 e. The van der Waals surface area contributed by atoms with E-state index >= 15 is 0 Å². The summed E-state index contributed by atoms with van der Waals surface area (Å²) in [6.07, 6.45) is 9.81. The molecule has 0 saturated carbocycles. The number of aliphatic hydroxyl groups excluding tert-OH is 1. The Kier molecular flexibility index (Phi) is 10.9. The first-order chi connectivity index (χ1) is 17.7. The highest BCUT2D eigenvalue weighted by Gasteiger charge is 2.23. The Morgan fingerprint density at radius 3 is 2.83 bits per heavy atom. The third-order valence-electron chi connectivity index (χ3n) is 5.94. The van der Waals surface area contributed by atoms with E-state index in [1.807, 2.05) is 38.1 Å². The van der Waals surface area contributed by atoms with Crippen molar-refractivity contribution in [3.05, 3.63) is 47.8 Å². The Labute approximate surface area is 217 Å². The number of amides is 1. The number of anilines is 4. The first kappa shape index (κ1) is 27.3. The van der Waals surface area contributed by atoms with Gasteiger partial charge in [-0.1, -0.05) is 37.9 Å². The van der Waals surface area contributed by atoms with E-state index in [1.165, 1.54) is 18.1 Å². The van der Waals surface area contributed by atoms with E-state index in [1.54, 1.807) is 0 Å². The number of aliphatic hydroxyl groups is 1. The van der Waals surface area contributed by atoms with Crippen molar-refractivity contribution in [2.45, 2.75) is 39.5 Å². The highest BCUT2D eigenvalue weighted by molar-refractivity contribution is 8.00. The molecule has 4 heterocycles. The summed E-state index contributed by atoms with van der Waals surface area (Å²) in [5, 5.41) is 24.4. The van der Waals surface area contributed by atoms with E-state index < -0.39 is 0 Å². The van der Waals surface area contributed by atoms with Gasteiger partial charge in [-0.15, -0.1) is 0 Å². The average Bonchev–Trinajstić information content (AvgIpc) is 2.92. The monoisotopic (exact) mass is 509 g/mol. The number of piperidine rings is 1. The molecule has 0 unspecified atom stereocenters. The smallest absolute Gasteiger partial charge is 0.258 e. The molecule has 5 rings (SSSR count). The van der Waals surface area contributed by atoms with Crippen molar-refractivity contribution in [2.75, 3.05) is 52.2 Å². The van der Waals surface area contributed by atoms with Gasteiger partial charge in [0.15, 0.2) is 17.3 Å². The highest BCUT2D eigenvalue weighted by Crippen LogP contribution is 2.32. The first-order valence-electron chi connectivity index (χ1n) is 12.5. The summed E-state index contributed by atoms with van der Waals surface area (Å²) in [6.45, 7) is 6.49. The molecule has 0 radical (unpaired) electrons. The van der Waals surface area contributed by atoms with E-state index in [4.69, 9.17) is 5.11 Å². The maximum absolute atomic E-state index is 13.3. The van der Waals surface area contributed by atoms with Crippen LogP contribution in [-0.4, -0.2) is 53.0 Å². The zero-order chi connectivity index (χ0) is 25.8. The van der Waals surface area contributed by atoms with Gasteiger partial charge < -0.3 is 25.4 Å². The molecule has 3 aliphatic rings. The molecule has 36 heavy (non-hydrogen) atoms. The van der Waals surface area contributed by atoms with Gasteiger partial charge in [-0.05, 0) is 49.8 Å². The molecule has 1 fully saturated rings. The zero-order valence-corrected chi connectivity index (χ0v) is 21.8. The molecule has 1 saturated heterocycles. The molecule has 0 spiro atoms. The Morgan fingerprint density at radius 2 is 2.08 bits per heavy atom. The van der Waals surface area contributed by atoms with Gasteiger partial charge >= 0.3 is 0 Å². The van der Waals surface area contributed by atoms with Crippen LogP contribution in [0, 0.1) is 17.2 Å². The standard InChI is InChI=1S/C24H29N7O2S.C2H6/c25-15-20-23-26-9-3-1-2-4-17-7-10-31(11-8-17)21-14-18(30-34-13-12-32)5-6-19(21)24(33)29-22(28-23)16-27-20;1-2/h1-2,5-6,14,16-17,30,32H,3-4,7-13H2,(H2,26,28,29,33);1-2H3/b2-1+;. The van der Waals surface area contributed by atoms with Crippen molar-refractivity contribution in [1.82, 2.24) is 9.97 Å². The van der Waals surface area contributed by atoms with Crippen LogP contribution < -0.4 is 20.3 Å². The third kappa shape index (κ3) is 7.35. The number of nitrogens with zero attached hydrogens (tertiary/aromatic N) is 4. The highest BCUT2D eigenvalue weighted by atomic mass is 32.2. The van der Waals surface area contributed by atoms with Crippen LogP contribution >= 0.6 is 11.9 Å². The Bertz CT molecular complexity index is 1080. The molecule has 10 heteroatoms. The third-order valence-corrected chi connectivity index (χ3v) is 6.71. The zero-order valence-electron chi connectivity index (χ0n) is 21.0. The number of nitrogens with one attached hydrogen (secondary N) is 3. The topological polar surface area (TPSA) is 126 Å². The molecule has 9 nitrogen and oxygen atoms in total. The van der Waals surface area contributed by atoms with Crippen LogP contribution in [0.15, 0.2) is 36.5 Å². The fraction of sp³-hybridized carbons (Fsp3) is 0.462. The number of hydrogen-bond acceptors (Lipinski definition) is 9. The molecule has 4 N–H and O–H groups in total. The van der Waals surface area contributed by atoms with Crippen molar-refractivity contribution in [1.29, 1.82) is 5.26 Å². The molecule has 1 amide bonds. The predicted molar refractivity (Wildman–Crippen MR) is 147 cm³/mol. The number of carbonyl (C=O) groups excluding carboxylic acids is 1. The van der Waals surface area contributed by atoms with E-state index in [0.717, 1.165) is 50.1 Å². The van der Waals surface area contributed by atoms with Gasteiger partial charge in [0.1, 0.15) is 6.07 Å². The minimum absolute atomic E-state index is 0.0927. The fourth-order valence-corrected chi connectivity index (χ4v) is 4.64. The number of carbonyl (C=O) groups is 1. The second-order valence-electron chi connectivity index (χ2n) is 8.28. The van der Waals surface area contributed by atoms with E-state index in [2.05, 4.69) is 42.4 Å². The van der Waals surface area contributed by atoms with E-state index in [0.29, 0.717) is 29.6 Å².